The molecule has 1 aromatic carbocycles. The fourth-order valence-corrected chi connectivity index (χ4v) is 1.76. The summed E-state index contributed by atoms with van der Waals surface area (Å²) < 4.78 is 1.89. The second-order valence-electron chi connectivity index (χ2n) is 3.77. The van der Waals surface area contributed by atoms with E-state index in [9.17, 15) is 10.1 Å². The lowest BCUT2D eigenvalue weighted by Crippen LogP contribution is -2.04. The Bertz CT molecular complexity index is 582. The van der Waals surface area contributed by atoms with Crippen molar-refractivity contribution in [3.8, 4) is 0 Å². The molecule has 0 spiro atoms. The molecule has 6 nitrogen and oxygen atoms in total. The van der Waals surface area contributed by atoms with Crippen molar-refractivity contribution in [1.29, 1.82) is 0 Å². The van der Waals surface area contributed by atoms with E-state index in [4.69, 9.17) is 11.6 Å². The maximum Gasteiger partial charge on any atom is 0.288 e. The quantitative estimate of drug-likeness (QED) is 0.682. The summed E-state index contributed by atoms with van der Waals surface area (Å²) in [7, 11) is 1.90. The first-order valence-corrected chi connectivity index (χ1v) is 5.58. The number of halogens is 1. The Balaban J connectivity index is 2.09. The average Bonchev–Trinajstić information content (AvgIpc) is 2.72. The normalized spacial score (nSPS) is 10.3. The van der Waals surface area contributed by atoms with Gasteiger partial charge in [-0.25, -0.2) is 4.98 Å². The fraction of sp³-hybridized carbons (Fsp3) is 0.182. The second-order valence-corrected chi connectivity index (χ2v) is 4.18. The highest BCUT2D eigenvalue weighted by atomic mass is 35.5. The first-order chi connectivity index (χ1) is 8.58. The third-order valence-electron chi connectivity index (χ3n) is 2.53. The Morgan fingerprint density at radius 2 is 2.33 bits per heavy atom. The first kappa shape index (κ1) is 12.4. The average molecular weight is 267 g/mol. The van der Waals surface area contributed by atoms with Gasteiger partial charge in [-0.1, -0.05) is 11.6 Å². The zero-order valence-corrected chi connectivity index (χ0v) is 10.4. The van der Waals surface area contributed by atoms with Crippen LogP contribution in [0.4, 0.5) is 11.4 Å². The van der Waals surface area contributed by atoms with Crippen LogP contribution in [0.1, 0.15) is 5.69 Å². The molecule has 1 aromatic heterocycles. The molecule has 0 saturated carbocycles. The Morgan fingerprint density at radius 1 is 1.56 bits per heavy atom. The number of hydrogen-bond acceptors (Lipinski definition) is 4. The van der Waals surface area contributed by atoms with Crippen molar-refractivity contribution >= 4 is 23.0 Å². The third-order valence-corrected chi connectivity index (χ3v) is 2.84. The van der Waals surface area contributed by atoms with Gasteiger partial charge >= 0.3 is 0 Å². The molecule has 0 amide bonds. The molecule has 0 fully saturated rings. The molecular formula is C11H11ClN4O2. The number of benzene rings is 1. The van der Waals surface area contributed by atoms with Gasteiger partial charge in [-0.3, -0.25) is 10.1 Å². The lowest BCUT2D eigenvalue weighted by Gasteiger charge is -2.07. The van der Waals surface area contributed by atoms with Crippen LogP contribution in [0, 0.1) is 10.1 Å². The van der Waals surface area contributed by atoms with Crippen molar-refractivity contribution in [2.45, 2.75) is 6.54 Å². The van der Waals surface area contributed by atoms with E-state index in [1.165, 1.54) is 12.1 Å². The molecule has 0 unspecified atom stereocenters. The predicted octanol–water partition coefficient (Wildman–Crippen LogP) is 2.59. The zero-order valence-electron chi connectivity index (χ0n) is 9.63. The molecule has 0 aliphatic rings. The van der Waals surface area contributed by atoms with E-state index in [2.05, 4.69) is 10.3 Å². The van der Waals surface area contributed by atoms with E-state index in [-0.39, 0.29) is 10.7 Å². The minimum absolute atomic E-state index is 0.0947. The van der Waals surface area contributed by atoms with Crippen molar-refractivity contribution in [2.24, 2.45) is 7.05 Å². The number of nitrogens with one attached hydrogen (secondary N) is 1. The predicted molar refractivity (Wildman–Crippen MR) is 68.6 cm³/mol. The van der Waals surface area contributed by atoms with Crippen LogP contribution in [-0.2, 0) is 13.6 Å². The van der Waals surface area contributed by atoms with E-state index in [0.29, 0.717) is 6.54 Å². The number of imidazole rings is 1. The van der Waals surface area contributed by atoms with Crippen LogP contribution in [-0.4, -0.2) is 14.5 Å². The van der Waals surface area contributed by atoms with Crippen molar-refractivity contribution in [1.82, 2.24) is 9.55 Å². The van der Waals surface area contributed by atoms with Crippen molar-refractivity contribution in [2.75, 3.05) is 5.32 Å². The first-order valence-electron chi connectivity index (χ1n) is 5.21. The molecule has 94 valence electrons. The van der Waals surface area contributed by atoms with E-state index in [1.807, 2.05) is 11.6 Å². The van der Waals surface area contributed by atoms with Gasteiger partial charge < -0.3 is 9.88 Å². The van der Waals surface area contributed by atoms with Crippen LogP contribution in [0.15, 0.2) is 30.7 Å². The van der Waals surface area contributed by atoms with Gasteiger partial charge in [0.15, 0.2) is 0 Å². The molecule has 0 saturated heterocycles. The number of anilines is 1. The summed E-state index contributed by atoms with van der Waals surface area (Å²) in [6.45, 7) is 0.574. The summed E-state index contributed by atoms with van der Waals surface area (Å²) in [5.74, 6) is 0. The van der Waals surface area contributed by atoms with Gasteiger partial charge in [0.05, 0.1) is 23.5 Å². The van der Waals surface area contributed by atoms with E-state index in [0.717, 1.165) is 11.4 Å². The number of hydrogen-bond donors (Lipinski definition) is 1. The molecule has 0 bridgehead atoms. The molecule has 0 aliphatic carbocycles. The number of rotatable bonds is 4. The van der Waals surface area contributed by atoms with Crippen molar-refractivity contribution in [3.05, 3.63) is 51.6 Å². The molecule has 0 aliphatic heterocycles. The van der Waals surface area contributed by atoms with Gasteiger partial charge in [0.1, 0.15) is 5.02 Å². The van der Waals surface area contributed by atoms with Crippen LogP contribution in [0.25, 0.3) is 0 Å². The summed E-state index contributed by atoms with van der Waals surface area (Å²) in [5, 5.41) is 13.9. The molecule has 1 N–H and O–H groups in total. The Hall–Kier alpha value is -2.08. The van der Waals surface area contributed by atoms with Gasteiger partial charge in [0, 0.05) is 25.0 Å². The van der Waals surface area contributed by atoms with Crippen molar-refractivity contribution < 1.29 is 4.92 Å². The van der Waals surface area contributed by atoms with Crippen LogP contribution in [0.3, 0.4) is 0 Å². The number of nitro benzene ring substituents is 1. The minimum Gasteiger partial charge on any atom is -0.379 e. The number of aromatic nitrogens is 2. The van der Waals surface area contributed by atoms with Gasteiger partial charge in [0.25, 0.3) is 5.69 Å². The highest BCUT2D eigenvalue weighted by molar-refractivity contribution is 6.32. The summed E-state index contributed by atoms with van der Waals surface area (Å²) in [5.41, 5.74) is 1.64. The zero-order chi connectivity index (χ0) is 13.1. The highest BCUT2D eigenvalue weighted by Gasteiger charge is 2.11. The smallest absolute Gasteiger partial charge is 0.288 e. The Kier molecular flexibility index (Phi) is 3.47. The van der Waals surface area contributed by atoms with Crippen LogP contribution in [0.5, 0.6) is 0 Å². The largest absolute Gasteiger partial charge is 0.379 e. The van der Waals surface area contributed by atoms with E-state index < -0.39 is 4.92 Å². The molecule has 2 rings (SSSR count). The maximum absolute atomic E-state index is 10.6. The summed E-state index contributed by atoms with van der Waals surface area (Å²) in [6, 6.07) is 4.55. The van der Waals surface area contributed by atoms with E-state index >= 15 is 0 Å². The van der Waals surface area contributed by atoms with Gasteiger partial charge in [-0.05, 0) is 12.1 Å². The van der Waals surface area contributed by atoms with E-state index in [1.54, 1.807) is 18.6 Å². The van der Waals surface area contributed by atoms with Crippen LogP contribution in [0.2, 0.25) is 5.02 Å². The molecule has 18 heavy (non-hydrogen) atoms. The SMILES string of the molecule is Cn1cncc1CNc1ccc([N+](=O)[O-])c(Cl)c1. The Labute approximate surface area is 108 Å². The highest BCUT2D eigenvalue weighted by Crippen LogP contribution is 2.27. The van der Waals surface area contributed by atoms with Crippen LogP contribution >= 0.6 is 11.6 Å². The number of aryl methyl sites for hydroxylation is 1. The number of nitro groups is 1. The fourth-order valence-electron chi connectivity index (χ4n) is 1.51. The topological polar surface area (TPSA) is 73.0 Å². The van der Waals surface area contributed by atoms with Gasteiger partial charge in [0.2, 0.25) is 0 Å². The molecule has 7 heteroatoms. The Morgan fingerprint density at radius 3 is 2.89 bits per heavy atom. The third kappa shape index (κ3) is 2.60. The summed E-state index contributed by atoms with van der Waals surface area (Å²) in [6.07, 6.45) is 3.46. The molecule has 2 aromatic rings. The molecule has 0 radical (unpaired) electrons. The second kappa shape index (κ2) is 5.05. The monoisotopic (exact) mass is 266 g/mol. The number of nitrogens with zero attached hydrogens (tertiary/aromatic N) is 3. The molecule has 0 atom stereocenters. The van der Waals surface area contributed by atoms with Gasteiger partial charge in [-0.2, -0.15) is 0 Å². The standard InChI is InChI=1S/C11H11ClN4O2/c1-15-7-13-5-9(15)6-14-8-2-3-11(16(17)18)10(12)4-8/h2-5,7,14H,6H2,1H3. The summed E-state index contributed by atoms with van der Waals surface area (Å²) in [4.78, 5) is 14.1. The molecular weight excluding hydrogens is 256 g/mol. The van der Waals surface area contributed by atoms with Crippen molar-refractivity contribution in [3.63, 3.8) is 0 Å². The minimum atomic E-state index is -0.507. The summed E-state index contributed by atoms with van der Waals surface area (Å²) >= 11 is 5.82. The molecule has 1 heterocycles. The lowest BCUT2D eigenvalue weighted by atomic mass is 10.3. The maximum atomic E-state index is 10.6. The van der Waals surface area contributed by atoms with Crippen LogP contribution < -0.4 is 5.32 Å². The van der Waals surface area contributed by atoms with Gasteiger partial charge in [-0.15, -0.1) is 0 Å². The lowest BCUT2D eigenvalue weighted by molar-refractivity contribution is -0.384.